The van der Waals surface area contributed by atoms with E-state index in [0.29, 0.717) is 23.3 Å². The first kappa shape index (κ1) is 46.7. The summed E-state index contributed by atoms with van der Waals surface area (Å²) in [7, 11) is 3.07. The summed E-state index contributed by atoms with van der Waals surface area (Å²) in [5.74, 6) is -0.928. The number of hydrogen-bond acceptors (Lipinski definition) is 8. The Labute approximate surface area is 406 Å². The Hall–Kier alpha value is -3.65. The zero-order valence-corrected chi connectivity index (χ0v) is 43.9. The molecule has 8 heteroatoms. The second kappa shape index (κ2) is 13.6. The molecule has 0 saturated heterocycles. The molecule has 11 rings (SSSR count). The van der Waals surface area contributed by atoms with Crippen LogP contribution >= 0.6 is 0 Å². The molecule has 15 atom stereocenters. The molecule has 0 unspecified atom stereocenters. The molecule has 9 aliphatic carbocycles. The van der Waals surface area contributed by atoms with Gasteiger partial charge in [-0.05, 0) is 197 Å². The fraction of sp³-hybridized carbons (Fsp3) is 0.717. The third-order valence-corrected chi connectivity index (χ3v) is 24.5. The summed E-state index contributed by atoms with van der Waals surface area (Å²) < 4.78 is 24.9. The average Bonchev–Trinajstić information content (AvgIpc) is 3.29. The van der Waals surface area contributed by atoms with Crippen LogP contribution < -0.4 is 9.47 Å². The van der Waals surface area contributed by atoms with Crippen LogP contribution in [0, 0.1) is 73.4 Å². The highest BCUT2D eigenvalue weighted by Gasteiger charge is 2.72. The molecule has 6 fully saturated rings. The first-order valence-corrected chi connectivity index (χ1v) is 26.4. The van der Waals surface area contributed by atoms with Crippen LogP contribution in [0.4, 0.5) is 0 Å². The fourth-order valence-corrected chi connectivity index (χ4v) is 19.2. The molecule has 1 heterocycles. The Morgan fingerprint density at radius 3 is 1.84 bits per heavy atom. The van der Waals surface area contributed by atoms with Crippen molar-refractivity contribution in [1.29, 1.82) is 0 Å². The van der Waals surface area contributed by atoms with Crippen molar-refractivity contribution < 1.29 is 38.4 Å². The molecule has 1 aromatic carbocycles. The van der Waals surface area contributed by atoms with Gasteiger partial charge >= 0.3 is 17.7 Å². The lowest BCUT2D eigenvalue weighted by atomic mass is 9.33. The van der Waals surface area contributed by atoms with Crippen LogP contribution in [0.3, 0.4) is 0 Å². The molecule has 1 aliphatic heterocycles. The number of rotatable bonds is 2. The van der Waals surface area contributed by atoms with Crippen LogP contribution in [0.1, 0.15) is 183 Å². The molecule has 68 heavy (non-hydrogen) atoms. The van der Waals surface area contributed by atoms with Gasteiger partial charge in [0.2, 0.25) is 11.4 Å². The van der Waals surface area contributed by atoms with E-state index in [4.69, 9.17) is 18.9 Å². The highest BCUT2D eigenvalue weighted by molar-refractivity contribution is 6.02. The van der Waals surface area contributed by atoms with Gasteiger partial charge in [0.15, 0.2) is 11.5 Å². The van der Waals surface area contributed by atoms with E-state index in [1.807, 2.05) is 6.92 Å². The van der Waals surface area contributed by atoms with E-state index in [-0.39, 0.29) is 55.8 Å². The molecule has 368 valence electrons. The summed E-state index contributed by atoms with van der Waals surface area (Å²) in [5, 5.41) is 12.8. The van der Waals surface area contributed by atoms with Gasteiger partial charge in [-0.2, -0.15) is 0 Å². The van der Waals surface area contributed by atoms with Gasteiger partial charge in [-0.15, -0.1) is 0 Å². The molecule has 10 aliphatic rings. The summed E-state index contributed by atoms with van der Waals surface area (Å²) in [4.78, 5) is 41.5. The van der Waals surface area contributed by atoms with Crippen molar-refractivity contribution in [3.05, 3.63) is 63.8 Å². The number of esters is 2. The topological polar surface area (TPSA) is 108 Å². The maximum absolute atomic E-state index is 14.9. The summed E-state index contributed by atoms with van der Waals surface area (Å²) in [5.41, 5.74) is 3.15. The molecular weight excluding hydrogens is 849 g/mol. The van der Waals surface area contributed by atoms with Crippen LogP contribution in [-0.2, 0) is 29.3 Å². The number of benzene rings is 1. The van der Waals surface area contributed by atoms with E-state index in [2.05, 4.69) is 107 Å². The van der Waals surface area contributed by atoms with Gasteiger partial charge in [0.25, 0.3) is 0 Å². The average molecular weight is 929 g/mol. The summed E-state index contributed by atoms with van der Waals surface area (Å²) in [6.45, 7) is 28.0. The first-order chi connectivity index (χ1) is 31.6. The third-order valence-electron chi connectivity index (χ3n) is 24.5. The lowest BCUT2D eigenvalue weighted by Gasteiger charge is -2.71. The Bertz CT molecular complexity index is 2620. The van der Waals surface area contributed by atoms with E-state index in [1.165, 1.54) is 18.2 Å². The molecule has 0 amide bonds. The Morgan fingerprint density at radius 1 is 0.662 bits per heavy atom. The molecule has 0 bridgehead atoms. The fourth-order valence-electron chi connectivity index (χ4n) is 19.2. The second-order valence-electron chi connectivity index (χ2n) is 27.4. The van der Waals surface area contributed by atoms with Crippen LogP contribution in [-0.4, -0.2) is 48.4 Å². The number of carbonyl (C=O) groups is 3. The number of methoxy groups -OCH3 is 2. The minimum Gasteiger partial charge on any atom is -0.471 e. The van der Waals surface area contributed by atoms with Crippen molar-refractivity contribution in [2.75, 3.05) is 14.2 Å². The SMILES string of the molecule is COC(=O)[C@]1(C)CC[C@]2(C)CC[C@]3(C)C4=CC=C5C(=CC(=O)[C@]6(O)Oc7c(cc8c(c7C)C=C[C@H]7[C@@]8(C)CC[C@@]8(C)[C@@H]9C[C@](C)(C(=O)OC)CC[C@]9(C)CC[C@]78C)O[C@]56C)[C@]4(C)CC[C@@]3(C)[C@@H]2C1. The van der Waals surface area contributed by atoms with Gasteiger partial charge in [-0.3, -0.25) is 14.4 Å². The quantitative estimate of drug-likeness (QED) is 0.292. The highest BCUT2D eigenvalue weighted by atomic mass is 16.7. The lowest BCUT2D eigenvalue weighted by Crippen LogP contribution is -2.70. The normalized spacial score (nSPS) is 50.3. The van der Waals surface area contributed by atoms with Crippen molar-refractivity contribution in [1.82, 2.24) is 0 Å². The number of aliphatic hydroxyl groups is 1. The Kier molecular flexibility index (Phi) is 9.37. The van der Waals surface area contributed by atoms with Crippen molar-refractivity contribution in [3.8, 4) is 11.5 Å². The molecular formula is C60H80O8. The zero-order valence-electron chi connectivity index (χ0n) is 43.9. The Balaban J connectivity index is 0.965. The van der Waals surface area contributed by atoms with Gasteiger partial charge in [0, 0.05) is 22.0 Å². The van der Waals surface area contributed by atoms with E-state index in [1.54, 1.807) is 13.2 Å². The number of ketones is 1. The van der Waals surface area contributed by atoms with E-state index in [9.17, 15) is 19.5 Å². The van der Waals surface area contributed by atoms with Crippen LogP contribution in [0.15, 0.2) is 47.1 Å². The van der Waals surface area contributed by atoms with E-state index < -0.39 is 33.4 Å². The number of carbonyl (C=O) groups excluding carboxylic acids is 3. The largest absolute Gasteiger partial charge is 0.471 e. The lowest BCUT2D eigenvalue weighted by molar-refractivity contribution is -0.231. The van der Waals surface area contributed by atoms with Gasteiger partial charge < -0.3 is 24.1 Å². The Morgan fingerprint density at radius 2 is 1.22 bits per heavy atom. The standard InChI is InChI=1S/C60H80O8/c1-35-36-15-17-41-53(6,25-29-57(10)43-33-51(4,47(62)65-13)21-19-49(43,2)23-27-55(41,57)8)38(36)31-40-46(35)68-60(64)45(61)32-39-37(59(60,12)67-40)16-18-42-54(39,7)26-30-58(11)44-34-52(5,48(63)66-14)22-20-50(44,3)24-28-56(42,58)9/h15-18,31-32,41,43-44,64H,19-30,33-34H2,1-14H3/t41-,43+,44+,49+,50+,51+,52+,53-,54-,55+,56+,57-,58-,59+,60-/m0/s1. The molecule has 0 aromatic heterocycles. The minimum atomic E-state index is -2.27. The number of ether oxygens (including phenoxy) is 4. The molecule has 6 saturated carbocycles. The van der Waals surface area contributed by atoms with Crippen LogP contribution in [0.25, 0.3) is 6.08 Å². The predicted molar refractivity (Wildman–Crippen MR) is 264 cm³/mol. The maximum atomic E-state index is 14.9. The van der Waals surface area contributed by atoms with Gasteiger partial charge in [0.05, 0.1) is 25.0 Å². The first-order valence-electron chi connectivity index (χ1n) is 26.4. The smallest absolute Gasteiger partial charge is 0.317 e. The van der Waals surface area contributed by atoms with Gasteiger partial charge in [0.1, 0.15) is 0 Å². The maximum Gasteiger partial charge on any atom is 0.317 e. The van der Waals surface area contributed by atoms with E-state index >= 15 is 0 Å². The van der Waals surface area contributed by atoms with Gasteiger partial charge in [-0.25, -0.2) is 0 Å². The highest BCUT2D eigenvalue weighted by Crippen LogP contribution is 2.78. The molecule has 1 aromatic rings. The third kappa shape index (κ3) is 5.25. The van der Waals surface area contributed by atoms with Crippen molar-refractivity contribution in [2.45, 2.75) is 190 Å². The zero-order chi connectivity index (χ0) is 49.1. The molecule has 1 N–H and O–H groups in total. The van der Waals surface area contributed by atoms with Crippen molar-refractivity contribution in [3.63, 3.8) is 0 Å². The second-order valence-corrected chi connectivity index (χ2v) is 27.4. The van der Waals surface area contributed by atoms with E-state index in [0.717, 1.165) is 112 Å². The predicted octanol–water partition coefficient (Wildman–Crippen LogP) is 12.7. The summed E-state index contributed by atoms with van der Waals surface area (Å²) in [6, 6.07) is 2.21. The number of hydrogen-bond donors (Lipinski definition) is 1. The minimum absolute atomic E-state index is 0.0145. The summed E-state index contributed by atoms with van der Waals surface area (Å²) >= 11 is 0. The van der Waals surface area contributed by atoms with Crippen LogP contribution in [0.2, 0.25) is 0 Å². The van der Waals surface area contributed by atoms with Crippen molar-refractivity contribution >= 4 is 23.8 Å². The monoisotopic (exact) mass is 929 g/mol. The van der Waals surface area contributed by atoms with Crippen molar-refractivity contribution in [2.24, 2.45) is 66.5 Å². The summed E-state index contributed by atoms with van der Waals surface area (Å²) in [6.07, 6.45) is 24.6. The molecule has 0 radical (unpaired) electrons. The van der Waals surface area contributed by atoms with Gasteiger partial charge in [-0.1, -0.05) is 85.3 Å². The molecule has 8 nitrogen and oxygen atoms in total. The molecule has 0 spiro atoms. The number of fused-ring (bicyclic) bond motifs is 17. The number of allylic oxidation sites excluding steroid dienone is 4. The van der Waals surface area contributed by atoms with Crippen LogP contribution in [0.5, 0.6) is 11.5 Å².